The van der Waals surface area contributed by atoms with Gasteiger partial charge in [0.25, 0.3) is 5.91 Å². The Bertz CT molecular complexity index is 1240. The molecule has 11 nitrogen and oxygen atoms in total. The maximum Gasteiger partial charge on any atom is 0.291 e. The first-order valence-corrected chi connectivity index (χ1v) is 12.0. The normalized spacial score (nSPS) is 17.4. The van der Waals surface area contributed by atoms with Gasteiger partial charge in [-0.15, -0.1) is 11.3 Å². The van der Waals surface area contributed by atoms with Gasteiger partial charge >= 0.3 is 0 Å². The lowest BCUT2D eigenvalue weighted by atomic mass is 10.2. The number of anilines is 1. The molecule has 0 bridgehead atoms. The summed E-state index contributed by atoms with van der Waals surface area (Å²) < 4.78 is 18.8. The zero-order valence-corrected chi connectivity index (χ0v) is 19.6. The highest BCUT2D eigenvalue weighted by Gasteiger charge is 2.22. The lowest BCUT2D eigenvalue weighted by Crippen LogP contribution is -2.42. The first-order chi connectivity index (χ1) is 16.6. The molecule has 0 saturated carbocycles. The lowest BCUT2D eigenvalue weighted by Gasteiger charge is -2.28. The Kier molecular flexibility index (Phi) is 6.72. The first kappa shape index (κ1) is 22.7. The minimum absolute atomic E-state index is 0.109. The second kappa shape index (κ2) is 10.1. The molecule has 12 heteroatoms. The predicted octanol–water partition coefficient (Wildman–Crippen LogP) is 0.740. The van der Waals surface area contributed by atoms with E-state index in [-0.39, 0.29) is 12.2 Å². The van der Waals surface area contributed by atoms with Gasteiger partial charge in [-0.2, -0.15) is 4.99 Å². The average Bonchev–Trinajstić information content (AvgIpc) is 3.56. The van der Waals surface area contributed by atoms with Crippen LogP contribution in [0, 0.1) is 0 Å². The van der Waals surface area contributed by atoms with Crippen LogP contribution in [0.15, 0.2) is 28.8 Å². The summed E-state index contributed by atoms with van der Waals surface area (Å²) in [6, 6.07) is 3.71. The Labute approximate surface area is 199 Å². The number of aliphatic hydroxyl groups is 1. The number of aliphatic hydroxyl groups excluding tert-OH is 1. The van der Waals surface area contributed by atoms with Gasteiger partial charge in [0.05, 0.1) is 32.0 Å². The molecule has 2 aromatic heterocycles. The Balaban J connectivity index is 1.45. The summed E-state index contributed by atoms with van der Waals surface area (Å²) >= 11 is 1.23. The number of nitrogens with one attached hydrogen (secondary N) is 1. The molecule has 2 N–H and O–H groups in total. The molecule has 0 aliphatic carbocycles. The monoisotopic (exact) mass is 486 g/mol. The third-order valence-electron chi connectivity index (χ3n) is 5.75. The second-order valence-electron chi connectivity index (χ2n) is 7.99. The number of β-amino-alcohol motifs (C(OH)–C–C–N with tert-alkyl or cyclic N) is 1. The molecule has 5 rings (SSSR count). The Morgan fingerprint density at radius 3 is 2.97 bits per heavy atom. The van der Waals surface area contributed by atoms with E-state index < -0.39 is 12.0 Å². The van der Waals surface area contributed by atoms with Gasteiger partial charge in [-0.1, -0.05) is 0 Å². The lowest BCUT2D eigenvalue weighted by molar-refractivity contribution is 0.00447. The van der Waals surface area contributed by atoms with Crippen LogP contribution in [0.5, 0.6) is 11.5 Å². The van der Waals surface area contributed by atoms with Crippen molar-refractivity contribution in [2.75, 3.05) is 58.4 Å². The van der Waals surface area contributed by atoms with Crippen LogP contribution in [0.1, 0.15) is 9.67 Å². The molecule has 1 saturated heterocycles. The maximum atomic E-state index is 12.6. The smallest absolute Gasteiger partial charge is 0.291 e. The molecule has 3 aromatic rings. The number of carbonyl (C=O) groups excluding carboxylic acids is 1. The summed E-state index contributed by atoms with van der Waals surface area (Å²) in [5.74, 6) is 1.31. The molecule has 2 aliphatic rings. The molecule has 4 heterocycles. The van der Waals surface area contributed by atoms with Crippen molar-refractivity contribution in [3.8, 4) is 11.5 Å². The van der Waals surface area contributed by atoms with Crippen molar-refractivity contribution in [2.45, 2.75) is 12.6 Å². The molecule has 1 unspecified atom stereocenters. The molecular formula is C22H26N6O5S. The van der Waals surface area contributed by atoms with Gasteiger partial charge in [-0.3, -0.25) is 19.2 Å². The molecule has 1 amide bonds. The van der Waals surface area contributed by atoms with Crippen LogP contribution in [0.25, 0.3) is 10.9 Å². The quantitative estimate of drug-likeness (QED) is 0.498. The predicted molar refractivity (Wildman–Crippen MR) is 126 cm³/mol. The van der Waals surface area contributed by atoms with Gasteiger partial charge in [0.2, 0.25) is 5.62 Å². The van der Waals surface area contributed by atoms with Gasteiger partial charge in [0, 0.05) is 38.1 Å². The minimum Gasteiger partial charge on any atom is -0.491 e. The highest BCUT2D eigenvalue weighted by molar-refractivity contribution is 7.11. The molecule has 0 radical (unpaired) electrons. The van der Waals surface area contributed by atoms with E-state index in [1.54, 1.807) is 12.6 Å². The first-order valence-electron chi connectivity index (χ1n) is 11.1. The van der Waals surface area contributed by atoms with Gasteiger partial charge in [0.1, 0.15) is 28.9 Å². The number of nitrogens with zero attached hydrogens (tertiary/aromatic N) is 5. The SMILES string of the molecule is COc1c(OCC(O)CN2CCOCC2)ccc2c3n(c(=NC(=O)c4cncs4)nc12)CCN3. The van der Waals surface area contributed by atoms with E-state index in [0.29, 0.717) is 54.7 Å². The number of rotatable bonds is 7. The van der Waals surface area contributed by atoms with Crippen LogP contribution >= 0.6 is 11.3 Å². The third kappa shape index (κ3) is 4.62. The molecular weight excluding hydrogens is 460 g/mol. The van der Waals surface area contributed by atoms with E-state index in [1.165, 1.54) is 17.5 Å². The van der Waals surface area contributed by atoms with Crippen molar-refractivity contribution >= 4 is 34.0 Å². The van der Waals surface area contributed by atoms with Gasteiger partial charge in [-0.25, -0.2) is 4.98 Å². The zero-order valence-electron chi connectivity index (χ0n) is 18.8. The number of methoxy groups -OCH3 is 1. The van der Waals surface area contributed by atoms with Crippen molar-refractivity contribution in [1.82, 2.24) is 19.4 Å². The molecule has 1 aromatic carbocycles. The number of morpholine rings is 1. The average molecular weight is 487 g/mol. The largest absolute Gasteiger partial charge is 0.491 e. The number of ether oxygens (including phenoxy) is 3. The fourth-order valence-electron chi connectivity index (χ4n) is 4.13. The third-order valence-corrected chi connectivity index (χ3v) is 6.52. The molecule has 1 fully saturated rings. The number of thiazole rings is 1. The highest BCUT2D eigenvalue weighted by Crippen LogP contribution is 2.37. The molecule has 0 spiro atoms. The standard InChI is InChI=1S/C22H26N6O5S/c1-31-19-16(33-12-14(29)11-27-6-8-32-9-7-27)3-2-15-18(19)25-22(28-5-4-24-20(15)28)26-21(30)17-10-23-13-34-17/h2-3,10,13-14,24,29H,4-9,11-12H2,1H3. The fraction of sp³-hybridized carbons (Fsp3) is 0.455. The minimum atomic E-state index is -0.661. The van der Waals surface area contributed by atoms with E-state index in [0.717, 1.165) is 24.3 Å². The summed E-state index contributed by atoms with van der Waals surface area (Å²) in [5.41, 5.74) is 2.41. The van der Waals surface area contributed by atoms with Gasteiger partial charge in [0.15, 0.2) is 11.5 Å². The Morgan fingerprint density at radius 2 is 2.21 bits per heavy atom. The van der Waals surface area contributed by atoms with Crippen LogP contribution in [-0.4, -0.2) is 89.7 Å². The molecule has 2 aliphatic heterocycles. The van der Waals surface area contributed by atoms with Gasteiger partial charge in [-0.05, 0) is 12.1 Å². The van der Waals surface area contributed by atoms with Crippen molar-refractivity contribution in [3.05, 3.63) is 34.3 Å². The number of fused-ring (bicyclic) bond motifs is 3. The van der Waals surface area contributed by atoms with Crippen molar-refractivity contribution in [1.29, 1.82) is 0 Å². The van der Waals surface area contributed by atoms with E-state index >= 15 is 0 Å². The molecule has 180 valence electrons. The van der Waals surface area contributed by atoms with Crippen LogP contribution in [0.4, 0.5) is 5.82 Å². The summed E-state index contributed by atoms with van der Waals surface area (Å²) in [6.45, 7) is 4.89. The van der Waals surface area contributed by atoms with E-state index in [2.05, 4.69) is 25.2 Å². The van der Waals surface area contributed by atoms with E-state index in [9.17, 15) is 9.90 Å². The number of carbonyl (C=O) groups is 1. The zero-order chi connectivity index (χ0) is 23.5. The van der Waals surface area contributed by atoms with Gasteiger partial charge < -0.3 is 24.6 Å². The number of benzene rings is 1. The topological polar surface area (TPSA) is 123 Å². The summed E-state index contributed by atoms with van der Waals surface area (Å²) in [6.07, 6.45) is 0.835. The Morgan fingerprint density at radius 1 is 1.35 bits per heavy atom. The van der Waals surface area contributed by atoms with E-state index in [1.807, 2.05) is 16.7 Å². The summed E-state index contributed by atoms with van der Waals surface area (Å²) in [5, 5.41) is 14.6. The highest BCUT2D eigenvalue weighted by atomic mass is 32.1. The van der Waals surface area contributed by atoms with Crippen molar-refractivity contribution in [2.24, 2.45) is 4.99 Å². The summed E-state index contributed by atoms with van der Waals surface area (Å²) in [7, 11) is 1.54. The van der Waals surface area contributed by atoms with Crippen molar-refractivity contribution < 1.29 is 24.1 Å². The number of hydrogen-bond donors (Lipinski definition) is 2. The number of aromatic nitrogens is 3. The Hall–Kier alpha value is -3.06. The van der Waals surface area contributed by atoms with Crippen LogP contribution in [0.2, 0.25) is 0 Å². The fourth-order valence-corrected chi connectivity index (χ4v) is 4.64. The molecule has 1 atom stereocenters. The van der Waals surface area contributed by atoms with Crippen LogP contribution < -0.4 is 20.4 Å². The second-order valence-corrected chi connectivity index (χ2v) is 8.88. The molecule has 34 heavy (non-hydrogen) atoms. The summed E-state index contributed by atoms with van der Waals surface area (Å²) in [4.78, 5) is 28.1. The maximum absolute atomic E-state index is 12.6. The van der Waals surface area contributed by atoms with Crippen molar-refractivity contribution in [3.63, 3.8) is 0 Å². The number of amides is 1. The van der Waals surface area contributed by atoms with Crippen LogP contribution in [-0.2, 0) is 11.3 Å². The van der Waals surface area contributed by atoms with Crippen LogP contribution in [0.3, 0.4) is 0 Å². The van der Waals surface area contributed by atoms with E-state index in [4.69, 9.17) is 14.2 Å². The number of hydrogen-bond acceptors (Lipinski definition) is 10.